The number of aromatic nitrogens is 2. The van der Waals surface area contributed by atoms with Crippen LogP contribution in [0.2, 0.25) is 0 Å². The van der Waals surface area contributed by atoms with Crippen LogP contribution in [-0.2, 0) is 9.84 Å². The molecule has 2 heterocycles. The Morgan fingerprint density at radius 2 is 2.32 bits per heavy atom. The van der Waals surface area contributed by atoms with E-state index in [2.05, 4.69) is 10.1 Å². The highest BCUT2D eigenvalue weighted by molar-refractivity contribution is 7.91. The van der Waals surface area contributed by atoms with Crippen molar-refractivity contribution in [3.05, 3.63) is 18.0 Å². The average molecular weight is 284 g/mol. The molecule has 1 atom stereocenters. The molecule has 1 aliphatic heterocycles. The lowest BCUT2D eigenvalue weighted by atomic mass is 10.3. The van der Waals surface area contributed by atoms with Crippen LogP contribution in [0.25, 0.3) is 0 Å². The third-order valence-corrected chi connectivity index (χ3v) is 4.59. The van der Waals surface area contributed by atoms with E-state index in [0.29, 0.717) is 12.0 Å². The summed E-state index contributed by atoms with van der Waals surface area (Å²) in [7, 11) is 0.577. The Kier molecular flexibility index (Phi) is 3.70. The molecule has 0 N–H and O–H groups in total. The van der Waals surface area contributed by atoms with Crippen molar-refractivity contribution in [2.45, 2.75) is 12.5 Å². The Morgan fingerprint density at radius 1 is 1.58 bits per heavy atom. The lowest BCUT2D eigenvalue weighted by Gasteiger charge is -2.06. The van der Waals surface area contributed by atoms with Crippen LogP contribution in [0.5, 0.6) is 0 Å². The molecule has 7 nitrogen and oxygen atoms in total. The molecular formula is C11H16N4O3S. The molecule has 1 aliphatic rings. The van der Waals surface area contributed by atoms with Crippen molar-refractivity contribution in [1.82, 2.24) is 14.7 Å². The van der Waals surface area contributed by atoms with Gasteiger partial charge in [-0.25, -0.2) is 8.42 Å². The van der Waals surface area contributed by atoms with Crippen LogP contribution in [0.4, 0.5) is 0 Å². The number of sulfone groups is 1. The number of hydrogen-bond donors (Lipinski definition) is 0. The quantitative estimate of drug-likeness (QED) is 0.575. The third-order valence-electron chi connectivity index (χ3n) is 2.84. The first-order valence-electron chi connectivity index (χ1n) is 5.87. The van der Waals surface area contributed by atoms with Crippen LogP contribution in [0.15, 0.2) is 17.4 Å². The molecule has 0 saturated carbocycles. The van der Waals surface area contributed by atoms with Gasteiger partial charge < -0.3 is 4.90 Å². The van der Waals surface area contributed by atoms with Crippen LogP contribution in [0.1, 0.15) is 22.8 Å². The first kappa shape index (κ1) is 13.7. The van der Waals surface area contributed by atoms with Gasteiger partial charge in [-0.3, -0.25) is 9.48 Å². The van der Waals surface area contributed by atoms with Crippen LogP contribution in [0.3, 0.4) is 0 Å². The summed E-state index contributed by atoms with van der Waals surface area (Å²) in [5, 5.41) is 4.06. The van der Waals surface area contributed by atoms with Crippen molar-refractivity contribution in [2.24, 2.45) is 4.99 Å². The first-order valence-corrected chi connectivity index (χ1v) is 7.69. The van der Waals surface area contributed by atoms with Crippen LogP contribution in [-0.4, -0.2) is 60.9 Å². The topological polar surface area (TPSA) is 84.6 Å². The fourth-order valence-electron chi connectivity index (χ4n) is 1.87. The standard InChI is InChI=1S/C11H16N4O3S/c1-14(2)8-12-11(16)9-5-13-15(6-9)10-3-4-19(17,18)7-10/h5-6,8,10H,3-4,7H2,1-2H3/t10-/m0/s1. The second-order valence-electron chi connectivity index (χ2n) is 4.78. The maximum atomic E-state index is 11.7. The maximum Gasteiger partial charge on any atom is 0.281 e. The summed E-state index contributed by atoms with van der Waals surface area (Å²) in [6, 6.07) is -0.177. The molecule has 1 aromatic heterocycles. The monoisotopic (exact) mass is 284 g/mol. The predicted octanol–water partition coefficient (Wildman–Crippen LogP) is -0.0272. The second-order valence-corrected chi connectivity index (χ2v) is 7.01. The van der Waals surface area contributed by atoms with Crippen LogP contribution >= 0.6 is 0 Å². The molecule has 1 saturated heterocycles. The van der Waals surface area contributed by atoms with E-state index in [1.54, 1.807) is 29.9 Å². The van der Waals surface area contributed by atoms with E-state index in [4.69, 9.17) is 0 Å². The molecular weight excluding hydrogens is 268 g/mol. The summed E-state index contributed by atoms with van der Waals surface area (Å²) in [6.45, 7) is 0. The largest absolute Gasteiger partial charge is 0.369 e. The second kappa shape index (κ2) is 5.12. The molecule has 8 heteroatoms. The number of aliphatic imine (C=N–C) groups is 1. The van der Waals surface area contributed by atoms with Gasteiger partial charge in [0.15, 0.2) is 9.84 Å². The van der Waals surface area contributed by atoms with E-state index in [9.17, 15) is 13.2 Å². The number of hydrogen-bond acceptors (Lipinski definition) is 4. The normalized spacial score (nSPS) is 21.9. The van der Waals surface area contributed by atoms with Gasteiger partial charge >= 0.3 is 0 Å². The van der Waals surface area contributed by atoms with E-state index < -0.39 is 9.84 Å². The zero-order valence-electron chi connectivity index (χ0n) is 10.9. The molecule has 1 amide bonds. The van der Waals surface area contributed by atoms with Crippen molar-refractivity contribution < 1.29 is 13.2 Å². The number of carbonyl (C=O) groups excluding carboxylic acids is 1. The molecule has 0 aliphatic carbocycles. The Morgan fingerprint density at radius 3 is 2.89 bits per heavy atom. The van der Waals surface area contributed by atoms with E-state index in [1.807, 2.05) is 0 Å². The van der Waals surface area contributed by atoms with Crippen molar-refractivity contribution in [1.29, 1.82) is 0 Å². The highest BCUT2D eigenvalue weighted by Crippen LogP contribution is 2.23. The van der Waals surface area contributed by atoms with Gasteiger partial charge in [0.25, 0.3) is 5.91 Å². The van der Waals surface area contributed by atoms with E-state index in [-0.39, 0.29) is 23.5 Å². The summed E-state index contributed by atoms with van der Waals surface area (Å²) in [5.74, 6) is -0.121. The van der Waals surface area contributed by atoms with Crippen LogP contribution in [0, 0.1) is 0 Å². The summed E-state index contributed by atoms with van der Waals surface area (Å²) in [5.41, 5.74) is 0.363. The Hall–Kier alpha value is -1.70. The molecule has 2 rings (SSSR count). The summed E-state index contributed by atoms with van der Waals surface area (Å²) in [4.78, 5) is 17.1. The first-order chi connectivity index (χ1) is 8.87. The van der Waals surface area contributed by atoms with Gasteiger partial charge in [0, 0.05) is 20.3 Å². The fraction of sp³-hybridized carbons (Fsp3) is 0.545. The third kappa shape index (κ3) is 3.40. The fourth-order valence-corrected chi connectivity index (χ4v) is 3.58. The Balaban J connectivity index is 2.10. The molecule has 1 fully saturated rings. The smallest absolute Gasteiger partial charge is 0.281 e. The summed E-state index contributed by atoms with van der Waals surface area (Å²) < 4.78 is 24.3. The maximum absolute atomic E-state index is 11.7. The summed E-state index contributed by atoms with van der Waals surface area (Å²) >= 11 is 0. The number of nitrogens with zero attached hydrogens (tertiary/aromatic N) is 4. The Labute approximate surface area is 111 Å². The van der Waals surface area contributed by atoms with Gasteiger partial charge in [0.05, 0.1) is 35.6 Å². The van der Waals surface area contributed by atoms with E-state index in [1.165, 1.54) is 12.5 Å². The van der Waals surface area contributed by atoms with Gasteiger partial charge in [0.1, 0.15) is 0 Å². The minimum absolute atomic E-state index is 0.0866. The van der Waals surface area contributed by atoms with E-state index in [0.717, 1.165) is 0 Å². The highest BCUT2D eigenvalue weighted by atomic mass is 32.2. The van der Waals surface area contributed by atoms with Crippen LogP contribution < -0.4 is 0 Å². The van der Waals surface area contributed by atoms with Crippen molar-refractivity contribution >= 4 is 22.1 Å². The number of carbonyl (C=O) groups is 1. The van der Waals surface area contributed by atoms with Crippen molar-refractivity contribution in [3.63, 3.8) is 0 Å². The van der Waals surface area contributed by atoms with Crippen molar-refractivity contribution in [2.75, 3.05) is 25.6 Å². The molecule has 1 aromatic rings. The zero-order valence-corrected chi connectivity index (χ0v) is 11.7. The molecule has 0 aromatic carbocycles. The highest BCUT2D eigenvalue weighted by Gasteiger charge is 2.29. The minimum Gasteiger partial charge on any atom is -0.369 e. The number of rotatable bonds is 3. The molecule has 104 valence electrons. The number of amides is 1. The SMILES string of the molecule is CN(C)C=NC(=O)c1cnn([C@H]2CCS(=O)(=O)C2)c1. The molecule has 0 unspecified atom stereocenters. The predicted molar refractivity (Wildman–Crippen MR) is 71.0 cm³/mol. The molecule has 19 heavy (non-hydrogen) atoms. The van der Waals surface area contributed by atoms with Gasteiger partial charge in [0.2, 0.25) is 0 Å². The lowest BCUT2D eigenvalue weighted by Crippen LogP contribution is -2.11. The van der Waals surface area contributed by atoms with E-state index >= 15 is 0 Å². The van der Waals surface area contributed by atoms with Gasteiger partial charge in [-0.05, 0) is 6.42 Å². The van der Waals surface area contributed by atoms with Gasteiger partial charge in [-0.1, -0.05) is 0 Å². The molecule has 0 bridgehead atoms. The molecule has 0 spiro atoms. The van der Waals surface area contributed by atoms with Gasteiger partial charge in [-0.2, -0.15) is 10.1 Å². The zero-order chi connectivity index (χ0) is 14.0. The van der Waals surface area contributed by atoms with Crippen molar-refractivity contribution in [3.8, 4) is 0 Å². The summed E-state index contributed by atoms with van der Waals surface area (Å²) in [6.07, 6.45) is 4.93. The lowest BCUT2D eigenvalue weighted by molar-refractivity contribution is 0.100. The minimum atomic E-state index is -2.96. The van der Waals surface area contributed by atoms with Gasteiger partial charge in [-0.15, -0.1) is 0 Å². The Bertz CT molecular complexity index is 603. The average Bonchev–Trinajstić information content (AvgIpc) is 2.92. The molecule has 0 radical (unpaired) electrons.